The Kier molecular flexibility index (Phi) is 4.09. The number of carbonyl (C=O) groups excluding carboxylic acids is 1. The maximum absolute atomic E-state index is 13.0. The molecule has 0 aliphatic heterocycles. The van der Waals surface area contributed by atoms with E-state index >= 15 is 0 Å². The van der Waals surface area contributed by atoms with Gasteiger partial charge in [0, 0.05) is 38.1 Å². The van der Waals surface area contributed by atoms with E-state index in [4.69, 9.17) is 4.52 Å². The van der Waals surface area contributed by atoms with Crippen molar-refractivity contribution in [2.45, 2.75) is 33.2 Å². The molecule has 1 amide bonds. The van der Waals surface area contributed by atoms with Crippen LogP contribution in [0.1, 0.15) is 47.1 Å². The van der Waals surface area contributed by atoms with Crippen molar-refractivity contribution in [3.05, 3.63) is 41.0 Å². The minimum absolute atomic E-state index is 0.0838. The number of pyridine rings is 1. The summed E-state index contributed by atoms with van der Waals surface area (Å²) in [4.78, 5) is 19.1. The molecule has 0 saturated heterocycles. The SMILES string of the molecule is Cc1noc2nc(C(C)C)cc(C(=O)N(C)Cc3cnn(C)c3)c12. The Morgan fingerprint density at radius 1 is 1.42 bits per heavy atom. The highest BCUT2D eigenvalue weighted by molar-refractivity contribution is 6.05. The molecule has 3 aromatic heterocycles. The Balaban J connectivity index is 2.00. The predicted octanol–water partition coefficient (Wildman–Crippen LogP) is 2.66. The molecule has 7 nitrogen and oxygen atoms in total. The molecular weight excluding hydrogens is 306 g/mol. The number of aromatic nitrogens is 4. The summed E-state index contributed by atoms with van der Waals surface area (Å²) >= 11 is 0. The van der Waals surface area contributed by atoms with Crippen LogP contribution in [0.5, 0.6) is 0 Å². The summed E-state index contributed by atoms with van der Waals surface area (Å²) in [6.07, 6.45) is 3.66. The van der Waals surface area contributed by atoms with Gasteiger partial charge in [0.25, 0.3) is 11.6 Å². The second kappa shape index (κ2) is 6.07. The lowest BCUT2D eigenvalue weighted by molar-refractivity contribution is 0.0786. The van der Waals surface area contributed by atoms with Crippen LogP contribution < -0.4 is 0 Å². The van der Waals surface area contributed by atoms with E-state index in [1.54, 1.807) is 22.8 Å². The van der Waals surface area contributed by atoms with Crippen molar-refractivity contribution in [2.24, 2.45) is 7.05 Å². The first-order valence-corrected chi connectivity index (χ1v) is 7.86. The Morgan fingerprint density at radius 3 is 2.79 bits per heavy atom. The Bertz CT molecular complexity index is 894. The lowest BCUT2D eigenvalue weighted by Crippen LogP contribution is -2.26. The first kappa shape index (κ1) is 16.2. The highest BCUT2D eigenvalue weighted by atomic mass is 16.5. The van der Waals surface area contributed by atoms with Gasteiger partial charge in [-0.05, 0) is 18.9 Å². The van der Waals surface area contributed by atoms with Crippen LogP contribution in [-0.2, 0) is 13.6 Å². The van der Waals surface area contributed by atoms with Crippen molar-refractivity contribution >= 4 is 17.0 Å². The Morgan fingerprint density at radius 2 is 2.17 bits per heavy atom. The number of fused-ring (bicyclic) bond motifs is 1. The molecule has 24 heavy (non-hydrogen) atoms. The van der Waals surface area contributed by atoms with Gasteiger partial charge in [-0.15, -0.1) is 0 Å². The molecule has 0 spiro atoms. The summed E-state index contributed by atoms with van der Waals surface area (Å²) in [7, 11) is 3.63. The van der Waals surface area contributed by atoms with Crippen molar-refractivity contribution < 1.29 is 9.32 Å². The van der Waals surface area contributed by atoms with Gasteiger partial charge in [0.2, 0.25) is 0 Å². The van der Waals surface area contributed by atoms with Crippen molar-refractivity contribution in [1.82, 2.24) is 24.8 Å². The van der Waals surface area contributed by atoms with E-state index in [9.17, 15) is 4.79 Å². The van der Waals surface area contributed by atoms with E-state index in [1.807, 2.05) is 40.1 Å². The molecule has 0 aromatic carbocycles. The van der Waals surface area contributed by atoms with Crippen LogP contribution in [0.3, 0.4) is 0 Å². The second-order valence-corrected chi connectivity index (χ2v) is 6.38. The summed E-state index contributed by atoms with van der Waals surface area (Å²) in [5, 5.41) is 8.79. The molecule has 0 atom stereocenters. The van der Waals surface area contributed by atoms with Crippen molar-refractivity contribution in [3.63, 3.8) is 0 Å². The molecular formula is C17H21N5O2. The summed E-state index contributed by atoms with van der Waals surface area (Å²) < 4.78 is 7.01. The zero-order valence-corrected chi connectivity index (χ0v) is 14.6. The number of aryl methyl sites for hydroxylation is 2. The molecule has 0 unspecified atom stereocenters. The quantitative estimate of drug-likeness (QED) is 0.736. The van der Waals surface area contributed by atoms with E-state index in [0.717, 1.165) is 11.3 Å². The summed E-state index contributed by atoms with van der Waals surface area (Å²) in [5.41, 5.74) is 3.46. The molecule has 0 N–H and O–H groups in total. The summed E-state index contributed by atoms with van der Waals surface area (Å²) in [5.74, 6) is 0.106. The third-order valence-corrected chi connectivity index (χ3v) is 3.98. The van der Waals surface area contributed by atoms with Crippen LogP contribution in [-0.4, -0.2) is 37.8 Å². The molecule has 0 aliphatic rings. The van der Waals surface area contributed by atoms with E-state index in [0.29, 0.717) is 28.9 Å². The zero-order chi connectivity index (χ0) is 17.4. The van der Waals surface area contributed by atoms with Gasteiger partial charge in [-0.3, -0.25) is 9.48 Å². The van der Waals surface area contributed by atoms with Gasteiger partial charge in [-0.25, -0.2) is 4.98 Å². The molecule has 0 bridgehead atoms. The molecule has 7 heteroatoms. The van der Waals surface area contributed by atoms with E-state index in [2.05, 4.69) is 15.2 Å². The van der Waals surface area contributed by atoms with E-state index in [1.165, 1.54) is 0 Å². The Hall–Kier alpha value is -2.70. The molecule has 126 valence electrons. The molecule has 3 aromatic rings. The van der Waals surface area contributed by atoms with Crippen LogP contribution in [0.25, 0.3) is 11.1 Å². The van der Waals surface area contributed by atoms with Crippen molar-refractivity contribution in [3.8, 4) is 0 Å². The second-order valence-electron chi connectivity index (χ2n) is 6.38. The highest BCUT2D eigenvalue weighted by Gasteiger charge is 2.22. The maximum Gasteiger partial charge on any atom is 0.259 e. The van der Waals surface area contributed by atoms with E-state index in [-0.39, 0.29) is 11.8 Å². The van der Waals surface area contributed by atoms with Gasteiger partial charge in [0.15, 0.2) is 0 Å². The average molecular weight is 327 g/mol. The smallest absolute Gasteiger partial charge is 0.259 e. The number of hydrogen-bond donors (Lipinski definition) is 0. The van der Waals surface area contributed by atoms with E-state index < -0.39 is 0 Å². The average Bonchev–Trinajstić information content (AvgIpc) is 3.11. The van der Waals surface area contributed by atoms with Gasteiger partial charge >= 0.3 is 0 Å². The van der Waals surface area contributed by atoms with Gasteiger partial charge in [0.05, 0.1) is 22.8 Å². The fraction of sp³-hybridized carbons (Fsp3) is 0.412. The van der Waals surface area contributed by atoms with Gasteiger partial charge in [0.1, 0.15) is 0 Å². The van der Waals surface area contributed by atoms with Crippen LogP contribution in [0, 0.1) is 6.92 Å². The highest BCUT2D eigenvalue weighted by Crippen LogP contribution is 2.26. The largest absolute Gasteiger partial charge is 0.337 e. The third-order valence-electron chi connectivity index (χ3n) is 3.98. The fourth-order valence-corrected chi connectivity index (χ4v) is 2.68. The summed E-state index contributed by atoms with van der Waals surface area (Å²) in [6, 6.07) is 1.85. The monoisotopic (exact) mass is 327 g/mol. The fourth-order valence-electron chi connectivity index (χ4n) is 2.68. The van der Waals surface area contributed by atoms with Crippen molar-refractivity contribution in [2.75, 3.05) is 7.05 Å². The lowest BCUT2D eigenvalue weighted by Gasteiger charge is -2.17. The number of hydrogen-bond acceptors (Lipinski definition) is 5. The normalized spacial score (nSPS) is 11.4. The molecule has 0 fully saturated rings. The van der Waals surface area contributed by atoms with Crippen LogP contribution >= 0.6 is 0 Å². The number of rotatable bonds is 4. The first-order chi connectivity index (χ1) is 11.4. The zero-order valence-electron chi connectivity index (χ0n) is 14.6. The van der Waals surface area contributed by atoms with Gasteiger partial charge < -0.3 is 9.42 Å². The number of amides is 1. The van der Waals surface area contributed by atoms with Gasteiger partial charge in [-0.2, -0.15) is 5.10 Å². The minimum atomic E-state index is -0.0838. The predicted molar refractivity (Wildman–Crippen MR) is 89.6 cm³/mol. The molecule has 3 rings (SSSR count). The Labute approximate surface area is 140 Å². The summed E-state index contributed by atoms with van der Waals surface area (Å²) in [6.45, 7) is 6.37. The van der Waals surface area contributed by atoms with Gasteiger partial charge in [-0.1, -0.05) is 19.0 Å². The maximum atomic E-state index is 13.0. The third kappa shape index (κ3) is 2.89. The molecule has 0 radical (unpaired) electrons. The van der Waals surface area contributed by atoms with Crippen LogP contribution in [0.2, 0.25) is 0 Å². The first-order valence-electron chi connectivity index (χ1n) is 7.86. The molecule has 0 saturated carbocycles. The number of carbonyl (C=O) groups is 1. The molecule has 3 heterocycles. The minimum Gasteiger partial charge on any atom is -0.337 e. The molecule has 0 aliphatic carbocycles. The number of nitrogens with zero attached hydrogens (tertiary/aromatic N) is 5. The lowest BCUT2D eigenvalue weighted by atomic mass is 10.0. The van der Waals surface area contributed by atoms with Crippen molar-refractivity contribution in [1.29, 1.82) is 0 Å². The standard InChI is InChI=1S/C17H21N5O2/c1-10(2)14-6-13(15-11(3)20-24-16(15)19-14)17(23)21(4)8-12-7-18-22(5)9-12/h6-7,9-10H,8H2,1-5H3. The van der Waals surface area contributed by atoms with Crippen LogP contribution in [0.4, 0.5) is 0 Å². The van der Waals surface area contributed by atoms with Crippen LogP contribution in [0.15, 0.2) is 23.0 Å². The topological polar surface area (TPSA) is 77.1 Å².